The molecule has 1 atom stereocenters. The van der Waals surface area contributed by atoms with Crippen LogP contribution < -0.4 is 0 Å². The Hall–Kier alpha value is -1.90. The number of nitrogens with zero attached hydrogens (tertiary/aromatic N) is 1. The molecule has 0 saturated heterocycles. The van der Waals surface area contributed by atoms with E-state index in [0.29, 0.717) is 5.02 Å². The minimum atomic E-state index is -4.78. The number of benzene rings is 2. The fraction of sp³-hybridized carbons (Fsp3) is 0.294. The van der Waals surface area contributed by atoms with Crippen molar-refractivity contribution in [2.45, 2.75) is 24.9 Å². The van der Waals surface area contributed by atoms with Crippen molar-refractivity contribution in [3.8, 4) is 0 Å². The number of hydrogen-bond acceptors (Lipinski definition) is 3. The van der Waals surface area contributed by atoms with Gasteiger partial charge in [0, 0.05) is 23.4 Å². The number of non-ortho nitro benzene ring substituents is 1. The van der Waals surface area contributed by atoms with Crippen LogP contribution in [0.3, 0.4) is 0 Å². The van der Waals surface area contributed by atoms with E-state index in [1.54, 1.807) is 0 Å². The molecule has 2 aromatic carbocycles. The van der Waals surface area contributed by atoms with Crippen molar-refractivity contribution in [3.63, 3.8) is 0 Å². The van der Waals surface area contributed by atoms with Gasteiger partial charge in [-0.05, 0) is 35.4 Å². The molecule has 1 radical (unpaired) electrons. The number of nitro groups is 1. The Balaban J connectivity index is 2.68. The first-order valence-corrected chi connectivity index (χ1v) is 10.7. The molecule has 0 fully saturated rings. The van der Waals surface area contributed by atoms with Gasteiger partial charge in [0.15, 0.2) is 0 Å². The number of rotatable bonds is 6. The van der Waals surface area contributed by atoms with Crippen LogP contribution in [0, 0.1) is 10.1 Å². The Bertz CT molecular complexity index is 766. The maximum Gasteiger partial charge on any atom is 0.425 e. The largest absolute Gasteiger partial charge is 0.425 e. The molecular formula is C17H16ClF3NO3Si. The summed E-state index contributed by atoms with van der Waals surface area (Å²) in [5, 5.41) is 11.1. The predicted octanol–water partition coefficient (Wildman–Crippen LogP) is 5.36. The third kappa shape index (κ3) is 4.08. The van der Waals surface area contributed by atoms with Gasteiger partial charge in [-0.15, -0.1) is 0 Å². The van der Waals surface area contributed by atoms with Gasteiger partial charge in [-0.2, -0.15) is 13.2 Å². The Kier molecular flexibility index (Phi) is 6.10. The van der Waals surface area contributed by atoms with Gasteiger partial charge in [0.2, 0.25) is 5.60 Å². The highest BCUT2D eigenvalue weighted by Gasteiger charge is 2.58. The molecule has 0 aliphatic rings. The van der Waals surface area contributed by atoms with E-state index in [-0.39, 0.29) is 23.0 Å². The average molecular weight is 403 g/mol. The van der Waals surface area contributed by atoms with E-state index in [9.17, 15) is 23.3 Å². The second-order valence-electron chi connectivity index (χ2n) is 5.99. The molecule has 0 saturated carbocycles. The van der Waals surface area contributed by atoms with Crippen molar-refractivity contribution >= 4 is 26.1 Å². The number of hydrogen-bond donors (Lipinski definition) is 0. The van der Waals surface area contributed by atoms with Crippen LogP contribution in [0.2, 0.25) is 18.1 Å². The van der Waals surface area contributed by atoms with E-state index < -0.39 is 25.5 Å². The van der Waals surface area contributed by atoms with Crippen LogP contribution in [0.1, 0.15) is 11.1 Å². The smallest absolute Gasteiger partial charge is 0.360 e. The maximum absolute atomic E-state index is 14.3. The van der Waals surface area contributed by atoms with Gasteiger partial charge in [-0.1, -0.05) is 36.8 Å². The summed E-state index contributed by atoms with van der Waals surface area (Å²) in [5.74, 6) is 0. The van der Waals surface area contributed by atoms with Crippen molar-refractivity contribution in [3.05, 3.63) is 74.8 Å². The predicted molar refractivity (Wildman–Crippen MR) is 94.8 cm³/mol. The number of halogens is 4. The van der Waals surface area contributed by atoms with Gasteiger partial charge in [0.25, 0.3) is 5.69 Å². The first-order valence-electron chi connectivity index (χ1n) is 7.58. The summed E-state index contributed by atoms with van der Waals surface area (Å²) in [6, 6.07) is 9.48. The Morgan fingerprint density at radius 2 is 1.50 bits per heavy atom. The molecule has 0 N–H and O–H groups in total. The topological polar surface area (TPSA) is 52.4 Å². The second kappa shape index (κ2) is 7.77. The summed E-state index contributed by atoms with van der Waals surface area (Å²) in [6.07, 6.45) is -4.84. The van der Waals surface area contributed by atoms with Crippen LogP contribution in [0.4, 0.5) is 18.9 Å². The molecule has 9 heteroatoms. The summed E-state index contributed by atoms with van der Waals surface area (Å²) in [7, 11) is -1.13. The van der Waals surface area contributed by atoms with Crippen molar-refractivity contribution in [1.82, 2.24) is 0 Å². The summed E-state index contributed by atoms with van der Waals surface area (Å²) >= 11 is 5.81. The van der Waals surface area contributed by atoms with Crippen LogP contribution >= 0.6 is 11.6 Å². The van der Waals surface area contributed by atoms with Gasteiger partial charge in [-0.25, -0.2) is 0 Å². The molecule has 0 aromatic heterocycles. The van der Waals surface area contributed by atoms with Crippen LogP contribution in [-0.2, 0) is 10.3 Å². The van der Waals surface area contributed by atoms with E-state index in [2.05, 4.69) is 0 Å². The summed E-state index contributed by atoms with van der Waals surface area (Å²) < 4.78 is 48.3. The van der Waals surface area contributed by atoms with Crippen LogP contribution in [0.15, 0.2) is 48.5 Å². The van der Waals surface area contributed by atoms with Gasteiger partial charge in [0.1, 0.15) is 0 Å². The van der Waals surface area contributed by atoms with E-state index >= 15 is 0 Å². The third-order valence-electron chi connectivity index (χ3n) is 3.71. The molecular weight excluding hydrogens is 387 g/mol. The number of nitro benzene ring substituents is 1. The lowest BCUT2D eigenvalue weighted by atomic mass is 9.85. The van der Waals surface area contributed by atoms with Crippen LogP contribution in [-0.4, -0.2) is 26.1 Å². The lowest BCUT2D eigenvalue weighted by Gasteiger charge is -2.37. The van der Waals surface area contributed by atoms with Crippen molar-refractivity contribution < 1.29 is 22.8 Å². The zero-order chi connectivity index (χ0) is 19.5. The SMILES string of the molecule is C[Si](C)COC(c1ccc(Cl)cc1)(c1ccc([N+](=O)[O-])cc1)C(F)(F)F. The van der Waals surface area contributed by atoms with Crippen molar-refractivity contribution in [1.29, 1.82) is 0 Å². The fourth-order valence-electron chi connectivity index (χ4n) is 2.50. The lowest BCUT2D eigenvalue weighted by Crippen LogP contribution is -2.47. The molecule has 0 aliphatic carbocycles. The van der Waals surface area contributed by atoms with Gasteiger partial charge in [0.05, 0.1) is 13.7 Å². The molecule has 0 bridgehead atoms. The molecule has 1 unspecified atom stereocenters. The molecule has 0 heterocycles. The minimum Gasteiger partial charge on any atom is -0.360 e. The summed E-state index contributed by atoms with van der Waals surface area (Å²) in [6.45, 7) is 3.67. The lowest BCUT2D eigenvalue weighted by molar-refractivity contribution is -0.384. The number of ether oxygens (including phenoxy) is 1. The van der Waals surface area contributed by atoms with E-state index in [0.717, 1.165) is 24.3 Å². The Labute approximate surface area is 155 Å². The zero-order valence-electron chi connectivity index (χ0n) is 14.0. The van der Waals surface area contributed by atoms with Crippen molar-refractivity contribution in [2.24, 2.45) is 0 Å². The van der Waals surface area contributed by atoms with E-state index in [1.165, 1.54) is 24.3 Å². The highest BCUT2D eigenvalue weighted by Crippen LogP contribution is 2.48. The van der Waals surface area contributed by atoms with Crippen LogP contribution in [0.5, 0.6) is 0 Å². The molecule has 2 rings (SSSR count). The fourth-order valence-corrected chi connectivity index (χ4v) is 3.13. The molecule has 2 aromatic rings. The molecule has 0 aliphatic heterocycles. The molecule has 139 valence electrons. The monoisotopic (exact) mass is 402 g/mol. The molecule has 0 spiro atoms. The molecule has 0 amide bonds. The Morgan fingerprint density at radius 3 is 1.88 bits per heavy atom. The second-order valence-corrected chi connectivity index (χ2v) is 9.12. The standard InChI is InChI=1S/C17H16ClF3NO3Si/c1-26(2)11-25-16(17(19,20)21,12-3-7-14(18)8-4-12)13-5-9-15(10-6-13)22(23)24/h3-10H,11H2,1-2H3. The van der Waals surface area contributed by atoms with E-state index in [4.69, 9.17) is 16.3 Å². The number of alkyl halides is 3. The quantitative estimate of drug-likeness (QED) is 0.371. The molecule has 4 nitrogen and oxygen atoms in total. The normalized spacial score (nSPS) is 14.3. The average Bonchev–Trinajstić information content (AvgIpc) is 2.56. The van der Waals surface area contributed by atoms with Crippen LogP contribution in [0.25, 0.3) is 0 Å². The zero-order valence-corrected chi connectivity index (χ0v) is 15.8. The van der Waals surface area contributed by atoms with E-state index in [1.807, 2.05) is 13.1 Å². The Morgan fingerprint density at radius 1 is 1.04 bits per heavy atom. The van der Waals surface area contributed by atoms with Gasteiger partial charge in [-0.3, -0.25) is 10.1 Å². The third-order valence-corrected chi connectivity index (χ3v) is 4.69. The minimum absolute atomic E-state index is 0.0518. The summed E-state index contributed by atoms with van der Waals surface area (Å²) in [4.78, 5) is 10.2. The highest BCUT2D eigenvalue weighted by atomic mass is 35.5. The first kappa shape index (κ1) is 20.4. The van der Waals surface area contributed by atoms with Gasteiger partial charge >= 0.3 is 6.18 Å². The molecule has 26 heavy (non-hydrogen) atoms. The first-order chi connectivity index (χ1) is 12.1. The van der Waals surface area contributed by atoms with Crippen molar-refractivity contribution in [2.75, 3.05) is 6.23 Å². The maximum atomic E-state index is 14.3. The van der Waals surface area contributed by atoms with Gasteiger partial charge < -0.3 is 4.74 Å². The highest BCUT2D eigenvalue weighted by molar-refractivity contribution is 6.55. The summed E-state index contributed by atoms with van der Waals surface area (Å²) in [5.41, 5.74) is -3.38.